The molecule has 3 N–H and O–H groups in total. The van der Waals surface area contributed by atoms with Gasteiger partial charge in [0.2, 0.25) is 10.0 Å². The lowest BCUT2D eigenvalue weighted by Gasteiger charge is -2.50. The maximum atomic E-state index is 13.2. The number of halogens is 2. The number of nitrogens with one attached hydrogen (secondary N) is 1. The van der Waals surface area contributed by atoms with E-state index in [9.17, 15) is 8.42 Å². The Morgan fingerprint density at radius 3 is 2.18 bits per heavy atom. The van der Waals surface area contributed by atoms with Crippen LogP contribution in [0.3, 0.4) is 0 Å². The normalized spacial score (nSPS) is 22.2. The van der Waals surface area contributed by atoms with Crippen LogP contribution in [0.25, 0.3) is 0 Å². The Kier molecular flexibility index (Phi) is 7.69. The second kappa shape index (κ2) is 10.4. The van der Waals surface area contributed by atoms with Crippen LogP contribution in [0, 0.1) is 0 Å². The van der Waals surface area contributed by atoms with Crippen molar-refractivity contribution in [1.29, 1.82) is 0 Å². The fraction of sp³-hybridized carbons (Fsp3) is 0.208. The second-order valence-electron chi connectivity index (χ2n) is 8.12. The molecular formula is C24H24Cl2N4O2S2. The van der Waals surface area contributed by atoms with E-state index in [1.54, 1.807) is 12.2 Å². The maximum absolute atomic E-state index is 13.2. The van der Waals surface area contributed by atoms with Gasteiger partial charge >= 0.3 is 0 Å². The van der Waals surface area contributed by atoms with Gasteiger partial charge in [-0.25, -0.2) is 13.1 Å². The Bertz CT molecular complexity index is 1230. The summed E-state index contributed by atoms with van der Waals surface area (Å²) in [6.45, 7) is 6.44. The highest BCUT2D eigenvalue weighted by atomic mass is 35.5. The van der Waals surface area contributed by atoms with Crippen LogP contribution in [-0.4, -0.2) is 37.7 Å². The fourth-order valence-electron chi connectivity index (χ4n) is 4.19. The van der Waals surface area contributed by atoms with Crippen molar-refractivity contribution in [2.24, 2.45) is 9.54 Å². The molecule has 1 saturated heterocycles. The molecule has 2 aromatic carbocycles. The van der Waals surface area contributed by atoms with E-state index in [0.717, 1.165) is 23.3 Å². The predicted molar refractivity (Wildman–Crippen MR) is 142 cm³/mol. The summed E-state index contributed by atoms with van der Waals surface area (Å²) in [7, 11) is -3.80. The van der Waals surface area contributed by atoms with Crippen LogP contribution in [0.4, 0.5) is 0 Å². The zero-order valence-electron chi connectivity index (χ0n) is 18.4. The van der Waals surface area contributed by atoms with E-state index >= 15 is 0 Å². The number of rotatable bonds is 7. The average molecular weight is 536 g/mol. The van der Waals surface area contributed by atoms with Crippen molar-refractivity contribution in [3.8, 4) is 0 Å². The summed E-state index contributed by atoms with van der Waals surface area (Å²) in [5, 5.41) is 6.73. The number of nitrogens with two attached hydrogens (primary N) is 1. The summed E-state index contributed by atoms with van der Waals surface area (Å²) in [6, 6.07) is 15.0. The van der Waals surface area contributed by atoms with E-state index in [-0.39, 0.29) is 23.0 Å². The Morgan fingerprint density at radius 2 is 1.68 bits per heavy atom. The zero-order valence-corrected chi connectivity index (χ0v) is 21.5. The van der Waals surface area contributed by atoms with E-state index in [1.165, 1.54) is 6.08 Å². The summed E-state index contributed by atoms with van der Waals surface area (Å²) < 4.78 is 33.2. The van der Waals surface area contributed by atoms with Gasteiger partial charge in [-0.2, -0.15) is 4.40 Å². The number of hydrogen-bond acceptors (Lipinski definition) is 6. The van der Waals surface area contributed by atoms with Crippen molar-refractivity contribution in [3.05, 3.63) is 105 Å². The number of benzene rings is 2. The highest BCUT2D eigenvalue weighted by Gasteiger charge is 2.43. The highest BCUT2D eigenvalue weighted by molar-refractivity contribution is 7.96. The lowest BCUT2D eigenvalue weighted by atomic mass is 9.89. The third-order valence-electron chi connectivity index (χ3n) is 6.07. The number of hydrogen-bond donors (Lipinski definition) is 2. The van der Waals surface area contributed by atoms with Crippen molar-refractivity contribution in [3.63, 3.8) is 0 Å². The molecule has 10 heteroatoms. The average Bonchev–Trinajstić information content (AvgIpc) is 2.81. The van der Waals surface area contributed by atoms with Gasteiger partial charge < -0.3 is 0 Å². The molecule has 4 rings (SSSR count). The molecule has 2 atom stereocenters. The molecule has 0 radical (unpaired) electrons. The van der Waals surface area contributed by atoms with Gasteiger partial charge in [0.05, 0.1) is 34.8 Å². The van der Waals surface area contributed by atoms with Gasteiger partial charge in [0.15, 0.2) is 0 Å². The molecule has 2 aliphatic rings. The molecule has 0 saturated carbocycles. The molecule has 0 unspecified atom stereocenters. The second-order valence-corrected chi connectivity index (χ2v) is 11.1. The molecule has 1 fully saturated rings. The summed E-state index contributed by atoms with van der Waals surface area (Å²) >= 11 is 13.0. The van der Waals surface area contributed by atoms with Gasteiger partial charge in [-0.15, -0.1) is 0 Å². The third-order valence-corrected chi connectivity index (χ3v) is 8.45. The largest absolute Gasteiger partial charge is 0.286 e. The monoisotopic (exact) mass is 534 g/mol. The molecule has 34 heavy (non-hydrogen) atoms. The van der Waals surface area contributed by atoms with Crippen LogP contribution in [0.5, 0.6) is 0 Å². The van der Waals surface area contributed by atoms with E-state index in [1.807, 2.05) is 55.5 Å². The van der Waals surface area contributed by atoms with Gasteiger partial charge in [-0.05, 0) is 54.5 Å². The Balaban J connectivity index is 1.55. The van der Waals surface area contributed by atoms with Crippen molar-refractivity contribution in [2.45, 2.75) is 25.0 Å². The summed E-state index contributed by atoms with van der Waals surface area (Å²) in [4.78, 5) is 2.35. The summed E-state index contributed by atoms with van der Waals surface area (Å²) in [6.07, 6.45) is 4.83. The lowest BCUT2D eigenvalue weighted by molar-refractivity contribution is 0.0371. The smallest absolute Gasteiger partial charge is 0.241 e. The van der Waals surface area contributed by atoms with Crippen molar-refractivity contribution in [2.75, 3.05) is 6.54 Å². The zero-order chi connectivity index (χ0) is 24.5. The SMILES string of the molecule is C=C1C(S(=O)(=O)N[C@H]2CN(C(c3ccc(Cl)cc3)c3ccc(Cl)cc3)[C@@H]2C)=CC=CC1=NSN. The molecule has 1 aliphatic heterocycles. The Labute approximate surface area is 214 Å². The first-order valence-corrected chi connectivity index (χ1v) is 13.6. The van der Waals surface area contributed by atoms with Crippen molar-refractivity contribution in [1.82, 2.24) is 9.62 Å². The molecule has 0 bridgehead atoms. The predicted octanol–water partition coefficient (Wildman–Crippen LogP) is 5.05. The molecule has 1 heterocycles. The van der Waals surface area contributed by atoms with Crippen LogP contribution in [0.1, 0.15) is 24.1 Å². The van der Waals surface area contributed by atoms with Gasteiger partial charge in [0, 0.05) is 28.2 Å². The molecule has 2 aromatic rings. The van der Waals surface area contributed by atoms with E-state index in [2.05, 4.69) is 20.6 Å². The molecular weight excluding hydrogens is 511 g/mol. The first-order valence-electron chi connectivity index (χ1n) is 10.5. The minimum atomic E-state index is -3.80. The standard InChI is InChI=1S/C24H24Cl2N4O2S2/c1-15-21(28-33-27)4-3-5-23(15)34(31,32)29-22-14-30(16(22)2)24(17-6-10-19(25)11-7-17)18-8-12-20(26)13-9-18/h3-13,16,22,24,29H,1,14,27H2,2H3/t16-,22+/m1/s1. The van der Waals surface area contributed by atoms with Crippen LogP contribution in [0.15, 0.2) is 88.2 Å². The molecule has 178 valence electrons. The van der Waals surface area contributed by atoms with Crippen LogP contribution in [-0.2, 0) is 10.0 Å². The van der Waals surface area contributed by atoms with Crippen LogP contribution < -0.4 is 9.86 Å². The van der Waals surface area contributed by atoms with Crippen LogP contribution in [0.2, 0.25) is 10.0 Å². The molecule has 0 spiro atoms. The third kappa shape index (κ3) is 5.18. The molecule has 6 nitrogen and oxygen atoms in total. The molecule has 1 aliphatic carbocycles. The van der Waals surface area contributed by atoms with Crippen molar-refractivity contribution < 1.29 is 8.42 Å². The number of sulfonamides is 1. The number of likely N-dealkylation sites (tertiary alicyclic amines) is 1. The van der Waals surface area contributed by atoms with Gasteiger partial charge in [0.25, 0.3) is 0 Å². The van der Waals surface area contributed by atoms with E-state index < -0.39 is 10.0 Å². The first-order chi connectivity index (χ1) is 16.2. The number of nitrogens with zero attached hydrogens (tertiary/aromatic N) is 2. The van der Waals surface area contributed by atoms with Gasteiger partial charge in [-0.3, -0.25) is 10.0 Å². The highest BCUT2D eigenvalue weighted by Crippen LogP contribution is 2.37. The van der Waals surface area contributed by atoms with Gasteiger partial charge in [0.1, 0.15) is 0 Å². The summed E-state index contributed by atoms with van der Waals surface area (Å²) in [5.74, 6) is 0. The van der Waals surface area contributed by atoms with Crippen LogP contribution >= 0.6 is 35.3 Å². The molecule has 0 aromatic heterocycles. The first kappa shape index (κ1) is 25.2. The Morgan fingerprint density at radius 1 is 1.12 bits per heavy atom. The number of allylic oxidation sites excluding steroid dienone is 4. The van der Waals surface area contributed by atoms with E-state index in [0.29, 0.717) is 27.9 Å². The topological polar surface area (TPSA) is 87.8 Å². The lowest BCUT2D eigenvalue weighted by Crippen LogP contribution is -2.66. The maximum Gasteiger partial charge on any atom is 0.241 e. The van der Waals surface area contributed by atoms with Crippen molar-refractivity contribution >= 4 is 51.1 Å². The Hall–Kier alpha value is -1.91. The quantitative estimate of drug-likeness (QED) is 0.485. The van der Waals surface area contributed by atoms with Gasteiger partial charge in [-0.1, -0.05) is 60.1 Å². The molecule has 0 amide bonds. The summed E-state index contributed by atoms with van der Waals surface area (Å²) in [5.41, 5.74) is 2.88. The minimum absolute atomic E-state index is 0.0631. The minimum Gasteiger partial charge on any atom is -0.286 e. The fourth-order valence-corrected chi connectivity index (χ4v) is 6.21. The van der Waals surface area contributed by atoms with E-state index in [4.69, 9.17) is 28.3 Å².